The van der Waals surface area contributed by atoms with Crippen molar-refractivity contribution in [3.63, 3.8) is 0 Å². The first-order valence-corrected chi connectivity index (χ1v) is 5.48. The van der Waals surface area contributed by atoms with Crippen molar-refractivity contribution < 1.29 is 9.90 Å². The predicted octanol–water partition coefficient (Wildman–Crippen LogP) is 2.22. The molecule has 0 saturated heterocycles. The van der Waals surface area contributed by atoms with E-state index in [1.54, 1.807) is 0 Å². The van der Waals surface area contributed by atoms with Gasteiger partial charge in [-0.2, -0.15) is 0 Å². The fourth-order valence-electron chi connectivity index (χ4n) is 1.59. The van der Waals surface area contributed by atoms with Crippen LogP contribution in [0.15, 0.2) is 0 Å². The van der Waals surface area contributed by atoms with Gasteiger partial charge in [0.1, 0.15) is 0 Å². The summed E-state index contributed by atoms with van der Waals surface area (Å²) in [6, 6.07) is 0.476. The van der Waals surface area contributed by atoms with Crippen LogP contribution < -0.4 is 0 Å². The first kappa shape index (κ1) is 13.4. The molecular weight excluding hydrogens is 178 g/mol. The minimum atomic E-state index is -0.709. The quantitative estimate of drug-likeness (QED) is 0.686. The molecule has 2 unspecified atom stereocenters. The van der Waals surface area contributed by atoms with Gasteiger partial charge in [0.25, 0.3) is 0 Å². The highest BCUT2D eigenvalue weighted by Crippen LogP contribution is 2.14. The van der Waals surface area contributed by atoms with Crippen molar-refractivity contribution in [2.24, 2.45) is 5.92 Å². The van der Waals surface area contributed by atoms with E-state index in [4.69, 9.17) is 5.11 Å². The lowest BCUT2D eigenvalue weighted by Gasteiger charge is -2.31. The van der Waals surface area contributed by atoms with Crippen LogP contribution >= 0.6 is 0 Å². The highest BCUT2D eigenvalue weighted by molar-refractivity contribution is 5.66. The summed E-state index contributed by atoms with van der Waals surface area (Å²) >= 11 is 0. The van der Waals surface area contributed by atoms with E-state index in [1.165, 1.54) is 0 Å². The molecule has 0 heterocycles. The number of hydrogen-bond acceptors (Lipinski definition) is 2. The average Bonchev–Trinajstić information content (AvgIpc) is 2.16. The molecule has 0 aliphatic carbocycles. The molecule has 0 aromatic heterocycles. The van der Waals surface area contributed by atoms with Gasteiger partial charge in [-0.1, -0.05) is 27.2 Å². The molecule has 14 heavy (non-hydrogen) atoms. The second-order valence-corrected chi connectivity index (χ2v) is 3.90. The van der Waals surface area contributed by atoms with Crippen LogP contribution in [0.2, 0.25) is 0 Å². The fourth-order valence-corrected chi connectivity index (χ4v) is 1.59. The number of aliphatic carboxylic acids is 1. The Bertz CT molecular complexity index is 171. The lowest BCUT2D eigenvalue weighted by Crippen LogP contribution is -2.38. The molecule has 0 aliphatic heterocycles. The van der Waals surface area contributed by atoms with E-state index in [0.29, 0.717) is 18.5 Å². The molecular formula is C11H23NO2. The van der Waals surface area contributed by atoms with Crippen molar-refractivity contribution in [2.45, 2.75) is 46.6 Å². The van der Waals surface area contributed by atoms with Crippen molar-refractivity contribution in [2.75, 3.05) is 13.1 Å². The van der Waals surface area contributed by atoms with Gasteiger partial charge in [0.05, 0.1) is 6.42 Å². The van der Waals surface area contributed by atoms with Crippen molar-refractivity contribution >= 4 is 5.97 Å². The Morgan fingerprint density at radius 3 is 2.29 bits per heavy atom. The zero-order valence-electron chi connectivity index (χ0n) is 9.79. The Labute approximate surface area is 87.1 Å². The average molecular weight is 201 g/mol. The van der Waals surface area contributed by atoms with Crippen molar-refractivity contribution in [1.82, 2.24) is 4.90 Å². The Kier molecular flexibility index (Phi) is 6.54. The van der Waals surface area contributed by atoms with E-state index < -0.39 is 5.97 Å². The van der Waals surface area contributed by atoms with Gasteiger partial charge in [0, 0.05) is 12.6 Å². The van der Waals surface area contributed by atoms with E-state index in [9.17, 15) is 4.79 Å². The van der Waals surface area contributed by atoms with Gasteiger partial charge in [-0.05, 0) is 19.4 Å². The second-order valence-electron chi connectivity index (χ2n) is 3.90. The molecule has 0 fully saturated rings. The summed E-state index contributed by atoms with van der Waals surface area (Å²) in [6.45, 7) is 10.2. The van der Waals surface area contributed by atoms with Gasteiger partial charge < -0.3 is 10.0 Å². The summed E-state index contributed by atoms with van der Waals surface area (Å²) in [6.07, 6.45) is 1.39. The number of carbonyl (C=O) groups is 1. The summed E-state index contributed by atoms with van der Waals surface area (Å²) in [7, 11) is 0. The molecule has 3 nitrogen and oxygen atoms in total. The van der Waals surface area contributed by atoms with E-state index in [1.807, 2.05) is 0 Å². The maximum atomic E-state index is 10.5. The van der Waals surface area contributed by atoms with E-state index in [2.05, 4.69) is 32.6 Å². The molecule has 0 saturated carbocycles. The molecule has 0 aliphatic rings. The van der Waals surface area contributed by atoms with Gasteiger partial charge in [0.2, 0.25) is 0 Å². The molecule has 0 rings (SSSR count). The number of rotatable bonds is 7. The summed E-state index contributed by atoms with van der Waals surface area (Å²) in [4.78, 5) is 12.7. The lowest BCUT2D eigenvalue weighted by molar-refractivity contribution is -0.137. The monoisotopic (exact) mass is 201 g/mol. The zero-order valence-corrected chi connectivity index (χ0v) is 9.79. The van der Waals surface area contributed by atoms with Crippen LogP contribution in [0.4, 0.5) is 0 Å². The van der Waals surface area contributed by atoms with E-state index >= 15 is 0 Å². The highest BCUT2D eigenvalue weighted by Gasteiger charge is 2.17. The molecule has 0 aromatic rings. The number of nitrogens with zero attached hydrogens (tertiary/aromatic N) is 1. The van der Waals surface area contributed by atoms with Crippen molar-refractivity contribution in [1.29, 1.82) is 0 Å². The SMILES string of the molecule is CCC(C)C(C)N(CC)CCC(=O)O. The zero-order chi connectivity index (χ0) is 11.1. The van der Waals surface area contributed by atoms with Crippen LogP contribution in [0.3, 0.4) is 0 Å². The summed E-state index contributed by atoms with van der Waals surface area (Å²) in [5.74, 6) is -0.0800. The number of hydrogen-bond donors (Lipinski definition) is 1. The molecule has 84 valence electrons. The third-order valence-electron chi connectivity index (χ3n) is 3.06. The standard InChI is InChI=1S/C11H23NO2/c1-5-9(3)10(4)12(6-2)8-7-11(13)14/h9-10H,5-8H2,1-4H3,(H,13,14). The lowest BCUT2D eigenvalue weighted by atomic mass is 9.99. The molecule has 2 atom stereocenters. The minimum absolute atomic E-state index is 0.245. The highest BCUT2D eigenvalue weighted by atomic mass is 16.4. The third kappa shape index (κ3) is 4.61. The molecule has 3 heteroatoms. The topological polar surface area (TPSA) is 40.5 Å². The Morgan fingerprint density at radius 2 is 1.93 bits per heavy atom. The smallest absolute Gasteiger partial charge is 0.304 e. The Morgan fingerprint density at radius 1 is 1.36 bits per heavy atom. The van der Waals surface area contributed by atoms with Gasteiger partial charge in [-0.25, -0.2) is 0 Å². The van der Waals surface area contributed by atoms with Gasteiger partial charge >= 0.3 is 5.97 Å². The molecule has 0 radical (unpaired) electrons. The van der Waals surface area contributed by atoms with E-state index in [-0.39, 0.29) is 6.42 Å². The number of carboxylic acid groups (broad SMARTS) is 1. The van der Waals surface area contributed by atoms with Crippen LogP contribution in [0.1, 0.15) is 40.5 Å². The van der Waals surface area contributed by atoms with Crippen LogP contribution in [0.5, 0.6) is 0 Å². The van der Waals surface area contributed by atoms with Crippen molar-refractivity contribution in [3.8, 4) is 0 Å². The maximum Gasteiger partial charge on any atom is 0.304 e. The van der Waals surface area contributed by atoms with Crippen LogP contribution in [0, 0.1) is 5.92 Å². The molecule has 1 N–H and O–H groups in total. The van der Waals surface area contributed by atoms with Crippen LogP contribution in [0.25, 0.3) is 0 Å². The largest absolute Gasteiger partial charge is 0.481 e. The Hall–Kier alpha value is -0.570. The number of carboxylic acids is 1. The summed E-state index contributed by atoms with van der Waals surface area (Å²) in [5, 5.41) is 8.61. The minimum Gasteiger partial charge on any atom is -0.481 e. The van der Waals surface area contributed by atoms with Crippen LogP contribution in [-0.2, 0) is 4.79 Å². The van der Waals surface area contributed by atoms with Crippen molar-refractivity contribution in [3.05, 3.63) is 0 Å². The summed E-state index contributed by atoms with van der Waals surface area (Å²) in [5.41, 5.74) is 0. The fraction of sp³-hybridized carbons (Fsp3) is 0.909. The third-order valence-corrected chi connectivity index (χ3v) is 3.06. The van der Waals surface area contributed by atoms with Crippen LogP contribution in [-0.4, -0.2) is 35.1 Å². The second kappa shape index (κ2) is 6.82. The van der Waals surface area contributed by atoms with Gasteiger partial charge in [-0.3, -0.25) is 4.79 Å². The Balaban J connectivity index is 4.04. The normalized spacial score (nSPS) is 15.5. The first-order chi connectivity index (χ1) is 6.52. The molecule has 0 bridgehead atoms. The van der Waals surface area contributed by atoms with Gasteiger partial charge in [0.15, 0.2) is 0 Å². The maximum absolute atomic E-state index is 10.5. The molecule has 0 aromatic carbocycles. The first-order valence-electron chi connectivity index (χ1n) is 5.48. The van der Waals surface area contributed by atoms with E-state index in [0.717, 1.165) is 13.0 Å². The molecule has 0 amide bonds. The summed E-state index contributed by atoms with van der Waals surface area (Å²) < 4.78 is 0. The predicted molar refractivity (Wildman–Crippen MR) is 58.4 cm³/mol. The van der Waals surface area contributed by atoms with Gasteiger partial charge in [-0.15, -0.1) is 0 Å². The molecule has 0 spiro atoms.